The van der Waals surface area contributed by atoms with Crippen molar-refractivity contribution < 1.29 is 18.3 Å². The van der Waals surface area contributed by atoms with Gasteiger partial charge in [0.05, 0.1) is 16.1 Å². The summed E-state index contributed by atoms with van der Waals surface area (Å²) in [5.74, 6) is 0. The van der Waals surface area contributed by atoms with Crippen LogP contribution in [0.25, 0.3) is 0 Å². The molecule has 1 aromatic carbocycles. The molecule has 1 rings (SSSR count). The van der Waals surface area contributed by atoms with E-state index >= 15 is 0 Å². The molecule has 0 fully saturated rings. The molecule has 0 amide bonds. The number of hydrogen-bond donors (Lipinski definition) is 2. The molecular formula is C9H9Cl3F3NO. The zero-order valence-corrected chi connectivity index (χ0v) is 10.5. The molecule has 8 heteroatoms. The molecule has 0 aliphatic heterocycles. The Balaban J connectivity index is 0.00000256. The summed E-state index contributed by atoms with van der Waals surface area (Å²) in [5, 5.41) is 8.97. The van der Waals surface area contributed by atoms with Crippen molar-refractivity contribution in [2.24, 2.45) is 5.73 Å². The van der Waals surface area contributed by atoms with Crippen LogP contribution in [-0.2, 0) is 0 Å². The van der Waals surface area contributed by atoms with E-state index in [9.17, 15) is 13.2 Å². The molecule has 0 aliphatic carbocycles. The third-order valence-electron chi connectivity index (χ3n) is 2.02. The SMILES string of the molecule is Cl.N[C@@H](c1cccc(Cl)c1Cl)[C@H](O)C(F)(F)F. The van der Waals surface area contributed by atoms with Crippen molar-refractivity contribution >= 4 is 35.6 Å². The standard InChI is InChI=1S/C9H8Cl2F3NO.ClH/c10-5-3-1-2-4(6(5)11)7(15)8(16)9(12,13)14;/h1-3,7-8,16H,15H2;1H/t7-,8-;/m0./s1. The van der Waals surface area contributed by atoms with E-state index in [1.165, 1.54) is 18.2 Å². The van der Waals surface area contributed by atoms with Crippen molar-refractivity contribution in [3.05, 3.63) is 33.8 Å². The van der Waals surface area contributed by atoms with Gasteiger partial charge in [-0.1, -0.05) is 35.3 Å². The minimum atomic E-state index is -4.80. The van der Waals surface area contributed by atoms with Crippen LogP contribution < -0.4 is 5.73 Å². The molecule has 0 spiro atoms. The number of nitrogens with two attached hydrogens (primary N) is 1. The van der Waals surface area contributed by atoms with Gasteiger partial charge in [0, 0.05) is 0 Å². The van der Waals surface area contributed by atoms with Crippen molar-refractivity contribution in [1.82, 2.24) is 0 Å². The average Bonchev–Trinajstić information content (AvgIpc) is 2.18. The van der Waals surface area contributed by atoms with E-state index in [4.69, 9.17) is 34.0 Å². The molecule has 17 heavy (non-hydrogen) atoms. The predicted molar refractivity (Wildman–Crippen MR) is 62.7 cm³/mol. The summed E-state index contributed by atoms with van der Waals surface area (Å²) >= 11 is 11.3. The Morgan fingerprint density at radius 3 is 2.24 bits per heavy atom. The molecule has 3 N–H and O–H groups in total. The Morgan fingerprint density at radius 2 is 1.76 bits per heavy atom. The third-order valence-corrected chi connectivity index (χ3v) is 2.85. The van der Waals surface area contributed by atoms with E-state index in [-0.39, 0.29) is 28.0 Å². The lowest BCUT2D eigenvalue weighted by Crippen LogP contribution is -2.39. The zero-order chi connectivity index (χ0) is 12.5. The van der Waals surface area contributed by atoms with E-state index in [0.29, 0.717) is 0 Å². The summed E-state index contributed by atoms with van der Waals surface area (Å²) in [6, 6.07) is 2.45. The van der Waals surface area contributed by atoms with E-state index in [0.717, 1.165) is 0 Å². The smallest absolute Gasteiger partial charge is 0.382 e. The molecule has 98 valence electrons. The normalized spacial score (nSPS) is 15.0. The van der Waals surface area contributed by atoms with Crippen LogP contribution in [0.2, 0.25) is 10.0 Å². The number of aliphatic hydroxyl groups is 1. The molecule has 2 atom stereocenters. The van der Waals surface area contributed by atoms with Crippen LogP contribution in [0.4, 0.5) is 13.2 Å². The Hall–Kier alpha value is -0.200. The lowest BCUT2D eigenvalue weighted by molar-refractivity contribution is -0.210. The van der Waals surface area contributed by atoms with Crippen molar-refractivity contribution in [3.8, 4) is 0 Å². The van der Waals surface area contributed by atoms with Gasteiger partial charge in [-0.2, -0.15) is 13.2 Å². The van der Waals surface area contributed by atoms with Crippen LogP contribution in [0.1, 0.15) is 11.6 Å². The minimum absolute atomic E-state index is 0. The molecule has 0 bridgehead atoms. The van der Waals surface area contributed by atoms with Gasteiger partial charge in [0.25, 0.3) is 0 Å². The van der Waals surface area contributed by atoms with Crippen molar-refractivity contribution in [1.29, 1.82) is 0 Å². The van der Waals surface area contributed by atoms with Gasteiger partial charge in [-0.3, -0.25) is 0 Å². The van der Waals surface area contributed by atoms with E-state index in [1.807, 2.05) is 0 Å². The summed E-state index contributed by atoms with van der Waals surface area (Å²) in [6.07, 6.45) is -7.48. The molecule has 2 nitrogen and oxygen atoms in total. The van der Waals surface area contributed by atoms with Crippen molar-refractivity contribution in [2.45, 2.75) is 18.3 Å². The molecule has 0 radical (unpaired) electrons. The van der Waals surface area contributed by atoms with E-state index < -0.39 is 18.3 Å². The van der Waals surface area contributed by atoms with E-state index in [2.05, 4.69) is 0 Å². The average molecular weight is 311 g/mol. The van der Waals surface area contributed by atoms with Gasteiger partial charge in [-0.15, -0.1) is 12.4 Å². The second-order valence-electron chi connectivity index (χ2n) is 3.16. The number of halogens is 6. The summed E-state index contributed by atoms with van der Waals surface area (Å²) in [7, 11) is 0. The Labute approximate surface area is 112 Å². The lowest BCUT2D eigenvalue weighted by Gasteiger charge is -2.22. The van der Waals surface area contributed by atoms with Crippen LogP contribution >= 0.6 is 35.6 Å². The molecule has 0 unspecified atom stereocenters. The van der Waals surface area contributed by atoms with Gasteiger partial charge < -0.3 is 10.8 Å². The minimum Gasteiger partial charge on any atom is -0.382 e. The number of benzene rings is 1. The maximum absolute atomic E-state index is 12.2. The summed E-state index contributed by atoms with van der Waals surface area (Å²) in [5.41, 5.74) is 5.24. The first-order chi connectivity index (χ1) is 7.25. The topological polar surface area (TPSA) is 46.2 Å². The van der Waals surface area contributed by atoms with Crippen LogP contribution in [0.5, 0.6) is 0 Å². The lowest BCUT2D eigenvalue weighted by atomic mass is 10.0. The van der Waals surface area contributed by atoms with Gasteiger partial charge in [-0.25, -0.2) is 0 Å². The van der Waals surface area contributed by atoms with Gasteiger partial charge in [0.15, 0.2) is 6.10 Å². The second kappa shape index (κ2) is 6.11. The van der Waals surface area contributed by atoms with Gasteiger partial charge >= 0.3 is 6.18 Å². The number of hydrogen-bond acceptors (Lipinski definition) is 2. The molecule has 1 aromatic rings. The quantitative estimate of drug-likeness (QED) is 0.880. The number of alkyl halides is 3. The molecular weight excluding hydrogens is 301 g/mol. The Bertz CT molecular complexity index is 386. The van der Waals surface area contributed by atoms with Crippen LogP contribution in [-0.4, -0.2) is 17.4 Å². The van der Waals surface area contributed by atoms with Gasteiger partial charge in [-0.05, 0) is 11.6 Å². The van der Waals surface area contributed by atoms with Crippen molar-refractivity contribution in [2.75, 3.05) is 0 Å². The summed E-state index contributed by atoms with van der Waals surface area (Å²) in [6.45, 7) is 0. The Kier molecular flexibility index (Phi) is 6.04. The summed E-state index contributed by atoms with van der Waals surface area (Å²) < 4.78 is 36.6. The highest BCUT2D eigenvalue weighted by atomic mass is 35.5. The zero-order valence-electron chi connectivity index (χ0n) is 8.21. The fraction of sp³-hybridized carbons (Fsp3) is 0.333. The third kappa shape index (κ3) is 3.89. The van der Waals surface area contributed by atoms with Crippen molar-refractivity contribution in [3.63, 3.8) is 0 Å². The number of aliphatic hydroxyl groups excluding tert-OH is 1. The summed E-state index contributed by atoms with van der Waals surface area (Å²) in [4.78, 5) is 0. The van der Waals surface area contributed by atoms with Crippen LogP contribution in [0, 0.1) is 0 Å². The first-order valence-corrected chi connectivity index (χ1v) is 4.95. The van der Waals surface area contributed by atoms with Crippen LogP contribution in [0.15, 0.2) is 18.2 Å². The maximum atomic E-state index is 12.2. The number of rotatable bonds is 2. The largest absolute Gasteiger partial charge is 0.416 e. The maximum Gasteiger partial charge on any atom is 0.416 e. The second-order valence-corrected chi connectivity index (χ2v) is 3.94. The molecule has 0 aliphatic rings. The first-order valence-electron chi connectivity index (χ1n) is 4.19. The molecule has 0 saturated heterocycles. The van der Waals surface area contributed by atoms with Crippen LogP contribution in [0.3, 0.4) is 0 Å². The molecule has 0 saturated carbocycles. The molecule has 0 aromatic heterocycles. The first kappa shape index (κ1) is 16.8. The highest BCUT2D eigenvalue weighted by Crippen LogP contribution is 2.34. The fourth-order valence-electron chi connectivity index (χ4n) is 1.15. The van der Waals surface area contributed by atoms with E-state index in [1.54, 1.807) is 0 Å². The fourth-order valence-corrected chi connectivity index (χ4v) is 1.59. The predicted octanol–water partition coefficient (Wildman–Crippen LogP) is 3.34. The highest BCUT2D eigenvalue weighted by Gasteiger charge is 2.43. The Morgan fingerprint density at radius 1 is 1.24 bits per heavy atom. The monoisotopic (exact) mass is 309 g/mol. The van der Waals surface area contributed by atoms with Gasteiger partial charge in [0.1, 0.15) is 0 Å². The molecule has 0 heterocycles. The van der Waals surface area contributed by atoms with Gasteiger partial charge in [0.2, 0.25) is 0 Å². The highest BCUT2D eigenvalue weighted by molar-refractivity contribution is 6.42.